The van der Waals surface area contributed by atoms with Gasteiger partial charge in [0, 0.05) is 12.6 Å². The summed E-state index contributed by atoms with van der Waals surface area (Å²) in [6.07, 6.45) is -0.329. The number of hydrogen-bond acceptors (Lipinski definition) is 6. The lowest BCUT2D eigenvalue weighted by atomic mass is 10.0. The molecule has 162 valence electrons. The van der Waals surface area contributed by atoms with Gasteiger partial charge in [-0.25, -0.2) is 4.79 Å². The fraction of sp³-hybridized carbons (Fsp3) is 0.636. The van der Waals surface area contributed by atoms with Crippen LogP contribution in [0.1, 0.15) is 53.5 Å². The van der Waals surface area contributed by atoms with Gasteiger partial charge >= 0.3 is 12.1 Å². The summed E-state index contributed by atoms with van der Waals surface area (Å²) in [5.41, 5.74) is -0.383. The molecule has 1 aliphatic heterocycles. The van der Waals surface area contributed by atoms with Gasteiger partial charge in [0.25, 0.3) is 0 Å². The second-order valence-electron chi connectivity index (χ2n) is 8.66. The highest BCUT2D eigenvalue weighted by atomic mass is 16.6. The van der Waals surface area contributed by atoms with Crippen molar-refractivity contribution in [3.8, 4) is 0 Å². The van der Waals surface area contributed by atoms with E-state index < -0.39 is 17.4 Å². The van der Waals surface area contributed by atoms with Crippen LogP contribution in [0.5, 0.6) is 0 Å². The molecular weight excluding hydrogens is 372 g/mol. The van der Waals surface area contributed by atoms with Crippen LogP contribution in [-0.2, 0) is 25.5 Å². The summed E-state index contributed by atoms with van der Waals surface area (Å²) in [6.45, 7) is 12.1. The van der Waals surface area contributed by atoms with Gasteiger partial charge in [-0.05, 0) is 47.1 Å². The molecule has 2 rings (SSSR count). The molecule has 29 heavy (non-hydrogen) atoms. The monoisotopic (exact) mass is 406 g/mol. The molecule has 0 radical (unpaired) electrons. The van der Waals surface area contributed by atoms with Gasteiger partial charge in [0.2, 0.25) is 0 Å². The lowest BCUT2D eigenvalue weighted by molar-refractivity contribution is -0.144. The van der Waals surface area contributed by atoms with E-state index in [9.17, 15) is 9.59 Å². The molecule has 7 nitrogen and oxygen atoms in total. The number of nitrogens with zero attached hydrogens (tertiary/aromatic N) is 1. The lowest BCUT2D eigenvalue weighted by Crippen LogP contribution is -2.56. The molecule has 1 aromatic rings. The van der Waals surface area contributed by atoms with Crippen molar-refractivity contribution in [2.24, 2.45) is 0 Å². The maximum atomic E-state index is 13.0. The van der Waals surface area contributed by atoms with Crippen molar-refractivity contribution in [3.05, 3.63) is 35.9 Å². The van der Waals surface area contributed by atoms with Crippen LogP contribution in [0.3, 0.4) is 0 Å². The molecule has 1 aliphatic rings. The average molecular weight is 407 g/mol. The third-order valence-electron chi connectivity index (χ3n) is 4.68. The third-order valence-corrected chi connectivity index (χ3v) is 4.68. The van der Waals surface area contributed by atoms with Crippen molar-refractivity contribution in [2.75, 3.05) is 13.2 Å². The summed E-state index contributed by atoms with van der Waals surface area (Å²) in [5.74, 6) is -0.313. The number of hydrogen-bond donors (Lipinski definition) is 1. The Morgan fingerprint density at radius 2 is 1.93 bits per heavy atom. The fourth-order valence-electron chi connectivity index (χ4n) is 3.38. The highest BCUT2D eigenvalue weighted by molar-refractivity contribution is 5.72. The van der Waals surface area contributed by atoms with E-state index in [1.165, 1.54) is 0 Å². The Morgan fingerprint density at radius 1 is 1.28 bits per heavy atom. The fourth-order valence-corrected chi connectivity index (χ4v) is 3.38. The van der Waals surface area contributed by atoms with E-state index in [1.54, 1.807) is 11.8 Å². The van der Waals surface area contributed by atoms with Crippen molar-refractivity contribution in [1.82, 2.24) is 10.2 Å². The van der Waals surface area contributed by atoms with Crippen molar-refractivity contribution in [2.45, 2.75) is 77.9 Å². The normalized spacial score (nSPS) is 19.7. The minimum absolute atomic E-state index is 0.129. The van der Waals surface area contributed by atoms with Gasteiger partial charge in [0.1, 0.15) is 11.3 Å². The molecule has 0 spiro atoms. The molecule has 1 heterocycles. The standard InChI is InChI=1S/C22H34N2O5/c1-7-27-19(25)13-17(23-14-16-11-9-8-10-12-16)18-15-28-22(5,6)24(18)20(26)29-21(2,3)4/h8-12,17-18,23H,7,13-15H2,1-6H3/t17?,18-/m0/s1. The van der Waals surface area contributed by atoms with E-state index in [-0.39, 0.29) is 24.5 Å². The van der Waals surface area contributed by atoms with Crippen LogP contribution in [0.2, 0.25) is 0 Å². The Bertz CT molecular complexity index is 684. The van der Waals surface area contributed by atoms with Crippen molar-refractivity contribution >= 4 is 12.1 Å². The number of ether oxygens (including phenoxy) is 3. The molecule has 1 N–H and O–H groups in total. The molecule has 2 atom stereocenters. The summed E-state index contributed by atoms with van der Waals surface area (Å²) < 4.78 is 16.7. The zero-order chi connectivity index (χ0) is 21.7. The molecule has 0 aromatic heterocycles. The van der Waals surface area contributed by atoms with Crippen molar-refractivity contribution < 1.29 is 23.8 Å². The van der Waals surface area contributed by atoms with Crippen LogP contribution in [0.25, 0.3) is 0 Å². The van der Waals surface area contributed by atoms with Crippen molar-refractivity contribution in [3.63, 3.8) is 0 Å². The predicted molar refractivity (Wildman–Crippen MR) is 110 cm³/mol. The Hall–Kier alpha value is -2.12. The van der Waals surface area contributed by atoms with Crippen LogP contribution < -0.4 is 5.32 Å². The first-order chi connectivity index (χ1) is 13.5. The van der Waals surface area contributed by atoms with E-state index in [0.29, 0.717) is 19.8 Å². The molecule has 1 saturated heterocycles. The Balaban J connectivity index is 2.23. The topological polar surface area (TPSA) is 77.1 Å². The molecule has 0 saturated carbocycles. The smallest absolute Gasteiger partial charge is 0.412 e. The first-order valence-electron chi connectivity index (χ1n) is 10.1. The van der Waals surface area contributed by atoms with Gasteiger partial charge in [0.05, 0.1) is 25.7 Å². The molecule has 1 amide bonds. The summed E-state index contributed by atoms with van der Waals surface area (Å²) in [5, 5.41) is 3.42. The summed E-state index contributed by atoms with van der Waals surface area (Å²) in [4.78, 5) is 26.8. The van der Waals surface area contributed by atoms with Crippen LogP contribution in [0.4, 0.5) is 4.79 Å². The number of rotatable bonds is 7. The molecule has 1 aromatic carbocycles. The number of nitrogens with one attached hydrogen (secondary N) is 1. The molecule has 7 heteroatoms. The Morgan fingerprint density at radius 3 is 2.52 bits per heavy atom. The van der Waals surface area contributed by atoms with Crippen molar-refractivity contribution in [1.29, 1.82) is 0 Å². The minimum atomic E-state index is -0.839. The van der Waals surface area contributed by atoms with Gasteiger partial charge in [-0.3, -0.25) is 9.69 Å². The SMILES string of the molecule is CCOC(=O)CC(NCc1ccccc1)[C@@H]1COC(C)(C)N1C(=O)OC(C)(C)C. The second kappa shape index (κ2) is 9.59. The van der Waals surface area contributed by atoms with E-state index >= 15 is 0 Å². The second-order valence-corrected chi connectivity index (χ2v) is 8.66. The van der Waals surface area contributed by atoms with E-state index in [4.69, 9.17) is 14.2 Å². The van der Waals surface area contributed by atoms with Crippen LogP contribution in [0.15, 0.2) is 30.3 Å². The zero-order valence-electron chi connectivity index (χ0n) is 18.4. The van der Waals surface area contributed by atoms with Gasteiger partial charge in [-0.15, -0.1) is 0 Å². The summed E-state index contributed by atoms with van der Waals surface area (Å²) in [7, 11) is 0. The first kappa shape index (κ1) is 23.2. The third kappa shape index (κ3) is 6.72. The van der Waals surface area contributed by atoms with Crippen LogP contribution >= 0.6 is 0 Å². The molecule has 1 fully saturated rings. The highest BCUT2D eigenvalue weighted by Gasteiger charge is 2.48. The molecule has 1 unspecified atom stereocenters. The number of benzene rings is 1. The highest BCUT2D eigenvalue weighted by Crippen LogP contribution is 2.32. The first-order valence-corrected chi connectivity index (χ1v) is 10.1. The Kier molecular flexibility index (Phi) is 7.66. The number of carbonyl (C=O) groups is 2. The zero-order valence-corrected chi connectivity index (χ0v) is 18.4. The number of esters is 1. The van der Waals surface area contributed by atoms with Crippen LogP contribution in [-0.4, -0.2) is 53.6 Å². The molecule has 0 bridgehead atoms. The minimum Gasteiger partial charge on any atom is -0.466 e. The van der Waals surface area contributed by atoms with E-state index in [0.717, 1.165) is 5.56 Å². The summed E-state index contributed by atoms with van der Waals surface area (Å²) in [6, 6.07) is 9.19. The van der Waals surface area contributed by atoms with Gasteiger partial charge < -0.3 is 19.5 Å². The van der Waals surface area contributed by atoms with Crippen LogP contribution in [0, 0.1) is 0 Å². The Labute approximate surface area is 173 Å². The molecular formula is C22H34N2O5. The summed E-state index contributed by atoms with van der Waals surface area (Å²) >= 11 is 0. The quantitative estimate of drug-likeness (QED) is 0.699. The van der Waals surface area contributed by atoms with E-state index in [2.05, 4.69) is 5.32 Å². The predicted octanol–water partition coefficient (Wildman–Crippen LogP) is 3.47. The largest absolute Gasteiger partial charge is 0.466 e. The molecule has 0 aliphatic carbocycles. The number of amides is 1. The lowest BCUT2D eigenvalue weighted by Gasteiger charge is -2.37. The van der Waals surface area contributed by atoms with Gasteiger partial charge in [0.15, 0.2) is 0 Å². The van der Waals surface area contributed by atoms with E-state index in [1.807, 2.05) is 65.0 Å². The number of carbonyl (C=O) groups excluding carboxylic acids is 2. The maximum Gasteiger partial charge on any atom is 0.412 e. The maximum absolute atomic E-state index is 13.0. The van der Waals surface area contributed by atoms with Gasteiger partial charge in [-0.2, -0.15) is 0 Å². The average Bonchev–Trinajstić information content (AvgIpc) is 2.93. The van der Waals surface area contributed by atoms with Gasteiger partial charge in [-0.1, -0.05) is 30.3 Å².